The van der Waals surface area contributed by atoms with Crippen LogP contribution in [0.2, 0.25) is 0 Å². The van der Waals surface area contributed by atoms with E-state index in [1.54, 1.807) is 0 Å². The number of hydrogen-bond acceptors (Lipinski definition) is 3. The Morgan fingerprint density at radius 2 is 2.08 bits per heavy atom. The summed E-state index contributed by atoms with van der Waals surface area (Å²) in [5, 5.41) is 6.81. The topological polar surface area (TPSA) is 36.4 Å². The average molecular weight is 173 g/mol. The van der Waals surface area contributed by atoms with Crippen molar-refractivity contribution >= 4 is 17.2 Å². The molecule has 0 fully saturated rings. The lowest BCUT2D eigenvalue weighted by Crippen LogP contribution is -2.35. The summed E-state index contributed by atoms with van der Waals surface area (Å²) in [5.41, 5.74) is 2.33. The molecular formula is C10H11N3. The third kappa shape index (κ3) is 1.00. The zero-order chi connectivity index (χ0) is 8.67. The molecule has 0 radical (unpaired) electrons. The van der Waals surface area contributed by atoms with E-state index in [0.29, 0.717) is 6.04 Å². The second-order valence-electron chi connectivity index (χ2n) is 3.42. The SMILES string of the molecule is c1ccc2c(c1)NC1=NCCC1N2. The van der Waals surface area contributed by atoms with E-state index >= 15 is 0 Å². The van der Waals surface area contributed by atoms with Gasteiger partial charge in [-0.3, -0.25) is 4.99 Å². The molecule has 1 atom stereocenters. The molecular weight excluding hydrogens is 162 g/mol. The Morgan fingerprint density at radius 3 is 3.00 bits per heavy atom. The van der Waals surface area contributed by atoms with Crippen LogP contribution in [0, 0.1) is 0 Å². The van der Waals surface area contributed by atoms with Crippen molar-refractivity contribution in [1.82, 2.24) is 0 Å². The van der Waals surface area contributed by atoms with Gasteiger partial charge in [-0.25, -0.2) is 0 Å². The zero-order valence-corrected chi connectivity index (χ0v) is 7.25. The predicted molar refractivity (Wildman–Crippen MR) is 54.4 cm³/mol. The molecule has 1 aromatic carbocycles. The fourth-order valence-electron chi connectivity index (χ4n) is 1.87. The lowest BCUT2D eigenvalue weighted by Gasteiger charge is -2.25. The summed E-state index contributed by atoms with van der Waals surface area (Å²) in [7, 11) is 0. The number of hydrogen-bond donors (Lipinski definition) is 2. The van der Waals surface area contributed by atoms with Crippen molar-refractivity contribution in [2.45, 2.75) is 12.5 Å². The van der Waals surface area contributed by atoms with Crippen LogP contribution in [-0.2, 0) is 0 Å². The van der Waals surface area contributed by atoms with E-state index in [1.165, 1.54) is 5.69 Å². The Bertz CT molecular complexity index is 370. The van der Waals surface area contributed by atoms with Crippen LogP contribution in [0.5, 0.6) is 0 Å². The number of fused-ring (bicyclic) bond motifs is 2. The predicted octanol–water partition coefficient (Wildman–Crippen LogP) is 1.69. The van der Waals surface area contributed by atoms with Gasteiger partial charge in [0.2, 0.25) is 0 Å². The summed E-state index contributed by atoms with van der Waals surface area (Å²) in [6, 6.07) is 8.65. The van der Waals surface area contributed by atoms with E-state index in [-0.39, 0.29) is 0 Å². The van der Waals surface area contributed by atoms with Gasteiger partial charge in [-0.05, 0) is 18.6 Å². The molecule has 2 N–H and O–H groups in total. The number of anilines is 2. The highest BCUT2D eigenvalue weighted by atomic mass is 15.2. The fourth-order valence-corrected chi connectivity index (χ4v) is 1.87. The summed E-state index contributed by atoms with van der Waals surface area (Å²) in [6.07, 6.45) is 1.11. The van der Waals surface area contributed by atoms with Crippen molar-refractivity contribution in [1.29, 1.82) is 0 Å². The fraction of sp³-hybridized carbons (Fsp3) is 0.300. The molecule has 1 aromatic rings. The van der Waals surface area contributed by atoms with Crippen LogP contribution < -0.4 is 10.6 Å². The first-order valence-corrected chi connectivity index (χ1v) is 4.60. The van der Waals surface area contributed by atoms with Crippen molar-refractivity contribution in [2.24, 2.45) is 4.99 Å². The molecule has 3 nitrogen and oxygen atoms in total. The Labute approximate surface area is 76.9 Å². The Balaban J connectivity index is 2.04. The largest absolute Gasteiger partial charge is 0.373 e. The van der Waals surface area contributed by atoms with Gasteiger partial charge >= 0.3 is 0 Å². The molecule has 2 aliphatic rings. The first-order chi connectivity index (χ1) is 6.43. The van der Waals surface area contributed by atoms with E-state index < -0.39 is 0 Å². The highest BCUT2D eigenvalue weighted by molar-refractivity contribution is 6.07. The second kappa shape index (κ2) is 2.49. The molecule has 2 aliphatic heterocycles. The zero-order valence-electron chi connectivity index (χ0n) is 7.25. The molecule has 0 bridgehead atoms. The molecule has 13 heavy (non-hydrogen) atoms. The lowest BCUT2D eigenvalue weighted by molar-refractivity contribution is 0.859. The Hall–Kier alpha value is -1.51. The number of nitrogens with one attached hydrogen (secondary N) is 2. The van der Waals surface area contributed by atoms with Gasteiger partial charge in [0.05, 0.1) is 17.4 Å². The van der Waals surface area contributed by atoms with E-state index in [0.717, 1.165) is 24.5 Å². The smallest absolute Gasteiger partial charge is 0.124 e. The number of para-hydroxylation sites is 2. The minimum Gasteiger partial charge on any atom is -0.373 e. The van der Waals surface area contributed by atoms with Crippen LogP contribution in [0.4, 0.5) is 11.4 Å². The molecule has 0 amide bonds. The van der Waals surface area contributed by atoms with Gasteiger partial charge in [-0.15, -0.1) is 0 Å². The second-order valence-corrected chi connectivity index (χ2v) is 3.42. The lowest BCUT2D eigenvalue weighted by atomic mass is 10.1. The van der Waals surface area contributed by atoms with E-state index in [1.807, 2.05) is 12.1 Å². The number of benzene rings is 1. The monoisotopic (exact) mass is 173 g/mol. The van der Waals surface area contributed by atoms with Crippen molar-refractivity contribution < 1.29 is 0 Å². The minimum absolute atomic E-state index is 0.412. The first kappa shape index (κ1) is 6.95. The van der Waals surface area contributed by atoms with Crippen molar-refractivity contribution in [3.63, 3.8) is 0 Å². The molecule has 0 saturated carbocycles. The molecule has 0 saturated heterocycles. The first-order valence-electron chi connectivity index (χ1n) is 4.60. The number of rotatable bonds is 0. The third-order valence-electron chi connectivity index (χ3n) is 2.55. The van der Waals surface area contributed by atoms with Gasteiger partial charge in [-0.2, -0.15) is 0 Å². The van der Waals surface area contributed by atoms with Crippen LogP contribution >= 0.6 is 0 Å². The van der Waals surface area contributed by atoms with Gasteiger partial charge in [0.25, 0.3) is 0 Å². The molecule has 0 spiro atoms. The number of aliphatic imine (C=N–C) groups is 1. The van der Waals surface area contributed by atoms with Crippen molar-refractivity contribution in [3.05, 3.63) is 24.3 Å². The van der Waals surface area contributed by atoms with Crippen LogP contribution in [0.3, 0.4) is 0 Å². The standard InChI is InChI=1S/C10H11N3/c1-2-4-8-7(3-1)12-9-5-6-11-10(9)13-8/h1-4,9,12H,5-6H2,(H,11,13). The van der Waals surface area contributed by atoms with E-state index in [9.17, 15) is 0 Å². The number of nitrogens with zero attached hydrogens (tertiary/aromatic N) is 1. The van der Waals surface area contributed by atoms with E-state index in [2.05, 4.69) is 27.8 Å². The molecule has 0 aliphatic carbocycles. The molecule has 1 unspecified atom stereocenters. The number of amidine groups is 1. The average Bonchev–Trinajstić information content (AvgIpc) is 2.61. The minimum atomic E-state index is 0.412. The van der Waals surface area contributed by atoms with Crippen LogP contribution in [-0.4, -0.2) is 18.4 Å². The van der Waals surface area contributed by atoms with Gasteiger partial charge in [-0.1, -0.05) is 12.1 Å². The van der Waals surface area contributed by atoms with Gasteiger partial charge in [0.1, 0.15) is 5.84 Å². The highest BCUT2D eigenvalue weighted by Gasteiger charge is 2.25. The van der Waals surface area contributed by atoms with Crippen molar-refractivity contribution in [2.75, 3.05) is 17.2 Å². The molecule has 3 rings (SSSR count). The molecule has 2 heterocycles. The van der Waals surface area contributed by atoms with Crippen molar-refractivity contribution in [3.8, 4) is 0 Å². The summed E-state index contributed by atoms with van der Waals surface area (Å²) in [6.45, 7) is 0.938. The quantitative estimate of drug-likeness (QED) is 0.626. The third-order valence-corrected chi connectivity index (χ3v) is 2.55. The van der Waals surface area contributed by atoms with Crippen LogP contribution in [0.1, 0.15) is 6.42 Å². The molecule has 66 valence electrons. The Morgan fingerprint density at radius 1 is 1.23 bits per heavy atom. The normalized spacial score (nSPS) is 23.7. The highest BCUT2D eigenvalue weighted by Crippen LogP contribution is 2.28. The van der Waals surface area contributed by atoms with Gasteiger partial charge < -0.3 is 10.6 Å². The summed E-state index contributed by atoms with van der Waals surface area (Å²) in [4.78, 5) is 4.40. The maximum atomic E-state index is 4.40. The maximum Gasteiger partial charge on any atom is 0.124 e. The molecule has 3 heteroatoms. The molecule has 0 aromatic heterocycles. The Kier molecular flexibility index (Phi) is 1.33. The van der Waals surface area contributed by atoms with Crippen LogP contribution in [0.15, 0.2) is 29.3 Å². The van der Waals surface area contributed by atoms with Gasteiger partial charge in [0, 0.05) is 6.54 Å². The maximum absolute atomic E-state index is 4.40. The van der Waals surface area contributed by atoms with E-state index in [4.69, 9.17) is 0 Å². The summed E-state index contributed by atoms with van der Waals surface area (Å²) in [5.74, 6) is 1.10. The summed E-state index contributed by atoms with van der Waals surface area (Å²) >= 11 is 0. The summed E-state index contributed by atoms with van der Waals surface area (Å²) < 4.78 is 0. The van der Waals surface area contributed by atoms with Gasteiger partial charge in [0.15, 0.2) is 0 Å². The van der Waals surface area contributed by atoms with Crippen LogP contribution in [0.25, 0.3) is 0 Å².